The van der Waals surface area contributed by atoms with Crippen molar-refractivity contribution in [3.05, 3.63) is 107 Å². The molecule has 0 aliphatic heterocycles. The average molecular weight is 477 g/mol. The number of nitrogens with zero attached hydrogens (tertiary/aromatic N) is 4. The lowest BCUT2D eigenvalue weighted by molar-refractivity contribution is -0.393. The number of fused-ring (bicyclic) bond motifs is 3. The highest BCUT2D eigenvalue weighted by atomic mass is 16.6. The Morgan fingerprint density at radius 3 is 2.00 bits per heavy atom. The van der Waals surface area contributed by atoms with E-state index in [2.05, 4.69) is 10.5 Å². The van der Waals surface area contributed by atoms with Crippen molar-refractivity contribution in [2.75, 3.05) is 0 Å². The number of carbonyl (C=O) groups is 1. The highest BCUT2D eigenvalue weighted by Gasteiger charge is 2.39. The molecule has 3 aromatic carbocycles. The summed E-state index contributed by atoms with van der Waals surface area (Å²) in [5.41, 5.74) is -2.46. The number of nitro groups is 3. The monoisotopic (exact) mass is 477 g/mol. The minimum atomic E-state index is -0.869. The molecular formula is C22H15N5O8. The molecule has 0 bridgehead atoms. The number of rotatable bonds is 6. The maximum absolute atomic E-state index is 13.3. The standard InChI is InChI=1S/C22H15N5O8/c1-11(12-5-3-2-4-6-12)23-22(28)17-9-13(25(30)31)7-15-19(17)20-16(21(15)24-29)8-14(26(32)33)10-18(20)27(34)35/h2-11,29H,1H3,(H,23,28)/b24-21+/t11-/m0/s1. The highest BCUT2D eigenvalue weighted by molar-refractivity contribution is 6.28. The van der Waals surface area contributed by atoms with Gasteiger partial charge in [0.05, 0.1) is 38.0 Å². The van der Waals surface area contributed by atoms with Crippen LogP contribution in [-0.2, 0) is 0 Å². The van der Waals surface area contributed by atoms with E-state index in [-0.39, 0.29) is 33.5 Å². The van der Waals surface area contributed by atoms with Crippen molar-refractivity contribution in [2.45, 2.75) is 13.0 Å². The van der Waals surface area contributed by atoms with Gasteiger partial charge in [-0.25, -0.2) is 0 Å². The Balaban J connectivity index is 1.98. The molecule has 1 aliphatic carbocycles. The zero-order valence-corrected chi connectivity index (χ0v) is 17.9. The number of hydrogen-bond donors (Lipinski definition) is 2. The van der Waals surface area contributed by atoms with E-state index in [0.29, 0.717) is 0 Å². The van der Waals surface area contributed by atoms with Crippen LogP contribution in [0, 0.1) is 30.3 Å². The number of carbonyl (C=O) groups excluding carboxylic acids is 1. The molecule has 0 fully saturated rings. The van der Waals surface area contributed by atoms with Crippen molar-refractivity contribution in [3.63, 3.8) is 0 Å². The number of nitrogens with one attached hydrogen (secondary N) is 1. The van der Waals surface area contributed by atoms with Crippen molar-refractivity contribution >= 4 is 28.7 Å². The molecule has 0 radical (unpaired) electrons. The van der Waals surface area contributed by atoms with Crippen LogP contribution in [0.3, 0.4) is 0 Å². The first-order valence-electron chi connectivity index (χ1n) is 10.0. The first-order chi connectivity index (χ1) is 16.6. The fourth-order valence-electron chi connectivity index (χ4n) is 4.03. The van der Waals surface area contributed by atoms with Crippen LogP contribution in [0.5, 0.6) is 0 Å². The lowest BCUT2D eigenvalue weighted by Crippen LogP contribution is -2.27. The largest absolute Gasteiger partial charge is 0.410 e. The average Bonchev–Trinajstić information content (AvgIpc) is 3.16. The zero-order valence-electron chi connectivity index (χ0n) is 17.9. The van der Waals surface area contributed by atoms with Gasteiger partial charge in [0.25, 0.3) is 23.0 Å². The third-order valence-corrected chi connectivity index (χ3v) is 5.60. The summed E-state index contributed by atoms with van der Waals surface area (Å²) in [5.74, 6) is -0.779. The van der Waals surface area contributed by atoms with Crippen LogP contribution in [0.15, 0.2) is 59.8 Å². The van der Waals surface area contributed by atoms with Crippen LogP contribution in [0.1, 0.15) is 40.0 Å². The second-order valence-corrected chi connectivity index (χ2v) is 7.63. The number of benzene rings is 3. The Hall–Kier alpha value is -5.20. The van der Waals surface area contributed by atoms with Gasteiger partial charge in [0.2, 0.25) is 0 Å². The summed E-state index contributed by atoms with van der Waals surface area (Å²) >= 11 is 0. The van der Waals surface area contributed by atoms with Crippen LogP contribution in [0.4, 0.5) is 17.1 Å². The molecule has 0 spiro atoms. The van der Waals surface area contributed by atoms with Gasteiger partial charge in [-0.2, -0.15) is 0 Å². The summed E-state index contributed by atoms with van der Waals surface area (Å²) in [6.07, 6.45) is 0. The van der Waals surface area contributed by atoms with Crippen molar-refractivity contribution in [1.29, 1.82) is 0 Å². The van der Waals surface area contributed by atoms with Crippen LogP contribution in [0.2, 0.25) is 0 Å². The smallest absolute Gasteiger partial charge is 0.284 e. The van der Waals surface area contributed by atoms with Gasteiger partial charge in [0.1, 0.15) is 5.71 Å². The van der Waals surface area contributed by atoms with Crippen molar-refractivity contribution in [3.8, 4) is 11.1 Å². The lowest BCUT2D eigenvalue weighted by Gasteiger charge is -2.16. The Bertz CT molecular complexity index is 1450. The van der Waals surface area contributed by atoms with Gasteiger partial charge >= 0.3 is 0 Å². The van der Waals surface area contributed by atoms with E-state index < -0.39 is 43.8 Å². The number of amides is 1. The maximum atomic E-state index is 13.3. The fourth-order valence-corrected chi connectivity index (χ4v) is 4.03. The van der Waals surface area contributed by atoms with Gasteiger partial charge in [0.15, 0.2) is 0 Å². The van der Waals surface area contributed by atoms with E-state index >= 15 is 0 Å². The molecule has 13 nitrogen and oxygen atoms in total. The Labute approximate surface area is 195 Å². The van der Waals surface area contributed by atoms with Gasteiger partial charge in [-0.1, -0.05) is 35.5 Å². The molecule has 1 atom stereocenters. The van der Waals surface area contributed by atoms with E-state index in [1.54, 1.807) is 37.3 Å². The van der Waals surface area contributed by atoms with Gasteiger partial charge in [-0.15, -0.1) is 0 Å². The molecule has 3 aromatic rings. The van der Waals surface area contributed by atoms with E-state index in [4.69, 9.17) is 0 Å². The zero-order chi connectivity index (χ0) is 25.4. The molecule has 4 rings (SSSR count). The first kappa shape index (κ1) is 23.0. The molecule has 35 heavy (non-hydrogen) atoms. The second-order valence-electron chi connectivity index (χ2n) is 7.63. The quantitative estimate of drug-likeness (QED) is 0.235. The normalized spacial score (nSPS) is 13.6. The summed E-state index contributed by atoms with van der Waals surface area (Å²) in [7, 11) is 0. The van der Waals surface area contributed by atoms with Gasteiger partial charge in [-0.05, 0) is 12.5 Å². The van der Waals surface area contributed by atoms with Crippen molar-refractivity contribution < 1.29 is 24.8 Å². The summed E-state index contributed by atoms with van der Waals surface area (Å²) < 4.78 is 0. The van der Waals surface area contributed by atoms with Gasteiger partial charge in [-0.3, -0.25) is 35.1 Å². The number of nitro benzene ring substituents is 3. The topological polar surface area (TPSA) is 191 Å². The minimum absolute atomic E-state index is 0.0993. The molecule has 0 unspecified atom stereocenters. The SMILES string of the molecule is C[C@H](NC(=O)c1cc([N+](=O)[O-])cc2c1-c1c(cc([N+](=O)[O-])cc1[N+](=O)[O-])/C2=N/O)c1ccccc1. The number of non-ortho nitro benzene ring substituents is 2. The molecular weight excluding hydrogens is 462 g/mol. The second kappa shape index (κ2) is 8.62. The van der Waals surface area contributed by atoms with E-state index in [1.807, 2.05) is 0 Å². The highest BCUT2D eigenvalue weighted by Crippen LogP contribution is 2.47. The molecule has 0 heterocycles. The molecule has 1 aliphatic rings. The molecule has 2 N–H and O–H groups in total. The van der Waals surface area contributed by atoms with Gasteiger partial charge < -0.3 is 10.5 Å². The fraction of sp³-hybridized carbons (Fsp3) is 0.0909. The molecule has 0 saturated carbocycles. The molecule has 176 valence electrons. The Morgan fingerprint density at radius 1 is 0.886 bits per heavy atom. The number of hydrogen-bond acceptors (Lipinski definition) is 9. The van der Waals surface area contributed by atoms with Crippen molar-refractivity contribution in [1.82, 2.24) is 5.32 Å². The van der Waals surface area contributed by atoms with E-state index in [9.17, 15) is 40.3 Å². The summed E-state index contributed by atoms with van der Waals surface area (Å²) in [6.45, 7) is 1.69. The van der Waals surface area contributed by atoms with Crippen LogP contribution < -0.4 is 5.32 Å². The Kier molecular flexibility index (Phi) is 5.66. The van der Waals surface area contributed by atoms with Crippen LogP contribution in [0.25, 0.3) is 11.1 Å². The third kappa shape index (κ3) is 3.90. The predicted molar refractivity (Wildman–Crippen MR) is 122 cm³/mol. The van der Waals surface area contributed by atoms with Crippen LogP contribution in [-0.4, -0.2) is 31.6 Å². The lowest BCUT2D eigenvalue weighted by atomic mass is 9.96. The summed E-state index contributed by atoms with van der Waals surface area (Å²) in [4.78, 5) is 45.6. The Morgan fingerprint density at radius 2 is 1.46 bits per heavy atom. The molecule has 1 amide bonds. The first-order valence-corrected chi connectivity index (χ1v) is 10.0. The summed E-state index contributed by atoms with van der Waals surface area (Å²) in [5, 5.41) is 50.2. The predicted octanol–water partition coefficient (Wildman–Crippen LogP) is 4.11. The van der Waals surface area contributed by atoms with E-state index in [1.165, 1.54) is 0 Å². The van der Waals surface area contributed by atoms with Gasteiger partial charge in [0, 0.05) is 34.9 Å². The molecule has 13 heteroatoms. The van der Waals surface area contributed by atoms with Crippen LogP contribution >= 0.6 is 0 Å². The summed E-state index contributed by atoms with van der Waals surface area (Å²) in [6, 6.07) is 11.9. The van der Waals surface area contributed by atoms with Crippen molar-refractivity contribution in [2.24, 2.45) is 5.16 Å². The molecule has 0 saturated heterocycles. The number of oxime groups is 1. The minimum Gasteiger partial charge on any atom is -0.410 e. The van der Waals surface area contributed by atoms with E-state index in [0.717, 1.165) is 29.8 Å². The third-order valence-electron chi connectivity index (χ3n) is 5.60. The maximum Gasteiger partial charge on any atom is 0.284 e. The molecule has 0 aromatic heterocycles.